The average molecular weight is 454 g/mol. The summed E-state index contributed by atoms with van der Waals surface area (Å²) in [5, 5.41) is 23.5. The lowest BCUT2D eigenvalue weighted by molar-refractivity contribution is -0.251. The maximum atomic E-state index is 12.9. The fourth-order valence-corrected chi connectivity index (χ4v) is 5.80. The normalized spacial score (nSPS) is 38.4. The predicted molar refractivity (Wildman–Crippen MR) is 121 cm³/mol. The third kappa shape index (κ3) is 3.63. The van der Waals surface area contributed by atoms with Crippen LogP contribution < -0.4 is 0 Å². The molecule has 3 aliphatic rings. The molecule has 0 saturated heterocycles. The third-order valence-electron chi connectivity index (χ3n) is 8.21. The van der Waals surface area contributed by atoms with Gasteiger partial charge in [0.05, 0.1) is 5.56 Å². The van der Waals surface area contributed by atoms with Gasteiger partial charge in [0.15, 0.2) is 6.10 Å². The summed E-state index contributed by atoms with van der Waals surface area (Å²) in [6, 6.07) is 3.21. The second kappa shape index (κ2) is 8.22. The van der Waals surface area contributed by atoms with E-state index in [1.807, 2.05) is 26.8 Å². The SMILES string of the molecule is CC1=CCCC2C1(C)C(O)C(OC(=O)c1cccnc1)C(C)(O)C2(C)C=CC1=CC(=O)OC1. The zero-order valence-corrected chi connectivity index (χ0v) is 19.4. The van der Waals surface area contributed by atoms with Gasteiger partial charge in [-0.2, -0.15) is 0 Å². The number of fused-ring (bicyclic) bond motifs is 1. The van der Waals surface area contributed by atoms with Crippen molar-refractivity contribution in [3.63, 3.8) is 0 Å². The second-order valence-corrected chi connectivity index (χ2v) is 9.90. The predicted octanol–water partition coefficient (Wildman–Crippen LogP) is 3.14. The molecule has 176 valence electrons. The van der Waals surface area contributed by atoms with Crippen LogP contribution in [0.25, 0.3) is 0 Å². The van der Waals surface area contributed by atoms with Gasteiger partial charge in [-0.1, -0.05) is 37.6 Å². The fourth-order valence-electron chi connectivity index (χ4n) is 5.80. The summed E-state index contributed by atoms with van der Waals surface area (Å²) in [6.07, 6.45) is 9.42. The Bertz CT molecular complexity index is 1040. The highest BCUT2D eigenvalue weighted by Gasteiger charge is 2.68. The topological polar surface area (TPSA) is 106 Å². The van der Waals surface area contributed by atoms with E-state index in [0.29, 0.717) is 5.57 Å². The van der Waals surface area contributed by atoms with Gasteiger partial charge in [0.2, 0.25) is 0 Å². The van der Waals surface area contributed by atoms with Crippen LogP contribution in [-0.2, 0) is 14.3 Å². The molecule has 2 N–H and O–H groups in total. The number of hydrogen-bond donors (Lipinski definition) is 2. The maximum Gasteiger partial charge on any atom is 0.340 e. The zero-order chi connectivity index (χ0) is 24.0. The van der Waals surface area contributed by atoms with Gasteiger partial charge in [0.25, 0.3) is 0 Å². The molecular weight excluding hydrogens is 422 g/mol. The van der Waals surface area contributed by atoms with Crippen LogP contribution in [0.2, 0.25) is 0 Å². The van der Waals surface area contributed by atoms with E-state index in [2.05, 4.69) is 11.1 Å². The number of cyclic esters (lactones) is 1. The van der Waals surface area contributed by atoms with Gasteiger partial charge in [-0.25, -0.2) is 9.59 Å². The Kier molecular flexibility index (Phi) is 5.83. The number of aliphatic hydroxyl groups is 2. The first-order valence-corrected chi connectivity index (χ1v) is 11.3. The highest BCUT2D eigenvalue weighted by molar-refractivity contribution is 5.89. The number of pyridine rings is 1. The Morgan fingerprint density at radius 1 is 1.33 bits per heavy atom. The molecule has 1 fully saturated rings. The quantitative estimate of drug-likeness (QED) is 0.533. The van der Waals surface area contributed by atoms with Crippen molar-refractivity contribution in [1.29, 1.82) is 0 Å². The maximum absolute atomic E-state index is 12.9. The van der Waals surface area contributed by atoms with Gasteiger partial charge in [0.1, 0.15) is 18.3 Å². The second-order valence-electron chi connectivity index (χ2n) is 9.90. The summed E-state index contributed by atoms with van der Waals surface area (Å²) < 4.78 is 10.8. The Morgan fingerprint density at radius 3 is 2.73 bits per heavy atom. The Hall–Kier alpha value is -2.77. The number of aromatic nitrogens is 1. The fraction of sp³-hybridized carbons (Fsp3) is 0.500. The van der Waals surface area contributed by atoms with E-state index in [9.17, 15) is 19.8 Å². The molecule has 2 aliphatic carbocycles. The van der Waals surface area contributed by atoms with Crippen LogP contribution >= 0.6 is 0 Å². The summed E-state index contributed by atoms with van der Waals surface area (Å²) in [4.78, 5) is 28.4. The van der Waals surface area contributed by atoms with Gasteiger partial charge in [-0.15, -0.1) is 0 Å². The molecule has 2 heterocycles. The molecule has 6 unspecified atom stereocenters. The largest absolute Gasteiger partial charge is 0.458 e. The van der Waals surface area contributed by atoms with E-state index in [4.69, 9.17) is 9.47 Å². The number of rotatable bonds is 4. The van der Waals surface area contributed by atoms with Crippen LogP contribution in [-0.4, -0.2) is 51.6 Å². The van der Waals surface area contributed by atoms with Crippen molar-refractivity contribution < 1.29 is 29.3 Å². The standard InChI is InChI=1S/C26H31NO6/c1-16-7-5-9-19-24(2,11-10-17-13-20(28)32-15-17)26(4,31)22(21(29)25(16,19)3)33-23(30)18-8-6-12-27-14-18/h6-8,10-14,19,21-22,29,31H,5,9,15H2,1-4H3. The first-order chi connectivity index (χ1) is 15.5. The lowest BCUT2D eigenvalue weighted by atomic mass is 9.44. The molecule has 1 aromatic heterocycles. The van der Waals surface area contributed by atoms with Crippen molar-refractivity contribution in [2.75, 3.05) is 6.61 Å². The van der Waals surface area contributed by atoms with Gasteiger partial charge < -0.3 is 19.7 Å². The number of ether oxygens (including phenoxy) is 2. The molecule has 0 radical (unpaired) electrons. The van der Waals surface area contributed by atoms with Gasteiger partial charge in [0, 0.05) is 29.3 Å². The number of carbonyl (C=O) groups is 2. The van der Waals surface area contributed by atoms with E-state index in [-0.39, 0.29) is 18.1 Å². The van der Waals surface area contributed by atoms with Crippen LogP contribution in [0.4, 0.5) is 0 Å². The van der Waals surface area contributed by atoms with Crippen molar-refractivity contribution in [3.05, 3.63) is 65.5 Å². The zero-order valence-electron chi connectivity index (χ0n) is 19.4. The summed E-state index contributed by atoms with van der Waals surface area (Å²) in [5.74, 6) is -1.19. The van der Waals surface area contributed by atoms with Crippen LogP contribution in [0.1, 0.15) is 50.9 Å². The first kappa shape index (κ1) is 23.4. The molecule has 0 bridgehead atoms. The van der Waals surface area contributed by atoms with E-state index < -0.39 is 40.6 Å². The summed E-state index contributed by atoms with van der Waals surface area (Å²) >= 11 is 0. The van der Waals surface area contributed by atoms with E-state index in [0.717, 1.165) is 18.4 Å². The average Bonchev–Trinajstić information content (AvgIpc) is 3.21. The van der Waals surface area contributed by atoms with Crippen molar-refractivity contribution in [3.8, 4) is 0 Å². The number of hydrogen-bond acceptors (Lipinski definition) is 7. The van der Waals surface area contributed by atoms with Gasteiger partial charge in [-0.3, -0.25) is 4.98 Å². The lowest BCUT2D eigenvalue weighted by Gasteiger charge is -2.64. The monoisotopic (exact) mass is 453 g/mol. The number of allylic oxidation sites excluding steroid dienone is 1. The van der Waals surface area contributed by atoms with E-state index >= 15 is 0 Å². The molecule has 0 spiro atoms. The minimum Gasteiger partial charge on any atom is -0.458 e. The van der Waals surface area contributed by atoms with Crippen LogP contribution in [0.5, 0.6) is 0 Å². The third-order valence-corrected chi connectivity index (χ3v) is 8.21. The minimum absolute atomic E-state index is 0.136. The minimum atomic E-state index is -1.60. The summed E-state index contributed by atoms with van der Waals surface area (Å²) in [5.41, 5.74) is -1.27. The molecule has 33 heavy (non-hydrogen) atoms. The molecule has 7 heteroatoms. The number of aliphatic hydroxyl groups excluding tert-OH is 1. The van der Waals surface area contributed by atoms with Crippen molar-refractivity contribution >= 4 is 11.9 Å². The van der Waals surface area contributed by atoms with Crippen molar-refractivity contribution in [2.24, 2.45) is 16.7 Å². The van der Waals surface area contributed by atoms with Crippen LogP contribution in [0.15, 0.2) is 60.0 Å². The molecule has 7 nitrogen and oxygen atoms in total. The highest BCUT2D eigenvalue weighted by atomic mass is 16.6. The molecule has 1 aliphatic heterocycles. The number of esters is 2. The molecule has 1 aromatic rings. The van der Waals surface area contributed by atoms with Crippen molar-refractivity contribution in [1.82, 2.24) is 4.98 Å². The van der Waals surface area contributed by atoms with Crippen LogP contribution in [0, 0.1) is 16.7 Å². The number of nitrogens with zero attached hydrogens (tertiary/aromatic N) is 1. The molecular formula is C26H31NO6. The van der Waals surface area contributed by atoms with Crippen LogP contribution in [0.3, 0.4) is 0 Å². The molecule has 0 aromatic carbocycles. The molecule has 4 rings (SSSR count). The lowest BCUT2D eigenvalue weighted by Crippen LogP contribution is -2.71. The molecule has 6 atom stereocenters. The Labute approximate surface area is 193 Å². The Balaban J connectivity index is 1.78. The Morgan fingerprint density at radius 2 is 2.09 bits per heavy atom. The van der Waals surface area contributed by atoms with Crippen molar-refractivity contribution in [2.45, 2.75) is 58.3 Å². The van der Waals surface area contributed by atoms with E-state index in [1.54, 1.807) is 31.3 Å². The highest BCUT2D eigenvalue weighted by Crippen LogP contribution is 2.62. The van der Waals surface area contributed by atoms with Gasteiger partial charge >= 0.3 is 11.9 Å². The molecule has 0 amide bonds. The van der Waals surface area contributed by atoms with E-state index in [1.165, 1.54) is 12.3 Å². The smallest absolute Gasteiger partial charge is 0.340 e. The van der Waals surface area contributed by atoms with Gasteiger partial charge in [-0.05, 0) is 50.3 Å². The summed E-state index contributed by atoms with van der Waals surface area (Å²) in [7, 11) is 0. The summed E-state index contributed by atoms with van der Waals surface area (Å²) in [6.45, 7) is 7.67. The molecule has 1 saturated carbocycles. The first-order valence-electron chi connectivity index (χ1n) is 11.3. The number of carbonyl (C=O) groups excluding carboxylic acids is 2.